The minimum atomic E-state index is -0.808. The lowest BCUT2D eigenvalue weighted by Crippen LogP contribution is -1.85. The number of benzene rings is 5. The molecule has 0 bridgehead atoms. The molecule has 3 heterocycles. The van der Waals surface area contributed by atoms with Crippen molar-refractivity contribution >= 4 is 61.9 Å². The molecular formula is C30H19N2P. The van der Waals surface area contributed by atoms with E-state index in [1.165, 1.54) is 59.6 Å². The van der Waals surface area contributed by atoms with Gasteiger partial charge in [0, 0.05) is 32.0 Å². The monoisotopic (exact) mass is 438 g/mol. The average Bonchev–Trinajstić information content (AvgIpc) is 3.34. The molecule has 5 aromatic carbocycles. The molecule has 8 rings (SSSR count). The van der Waals surface area contributed by atoms with Crippen molar-refractivity contribution < 1.29 is 0 Å². The van der Waals surface area contributed by atoms with Crippen molar-refractivity contribution in [3.05, 3.63) is 115 Å². The van der Waals surface area contributed by atoms with E-state index in [9.17, 15) is 0 Å². The summed E-state index contributed by atoms with van der Waals surface area (Å²) in [4.78, 5) is 0. The highest BCUT2D eigenvalue weighted by atomic mass is 31.1. The van der Waals surface area contributed by atoms with Gasteiger partial charge in [-0.25, -0.2) is 0 Å². The molecule has 0 N–H and O–H groups in total. The smallest absolute Gasteiger partial charge is 0.0813 e. The number of nitrogens with zero attached hydrogens (tertiary/aromatic N) is 2. The molecule has 0 saturated heterocycles. The minimum Gasteiger partial charge on any atom is -0.306 e. The van der Waals surface area contributed by atoms with Gasteiger partial charge in [-0.1, -0.05) is 78.9 Å². The van der Waals surface area contributed by atoms with Gasteiger partial charge in [-0.05, 0) is 44.1 Å². The molecule has 0 amide bonds. The van der Waals surface area contributed by atoms with Crippen molar-refractivity contribution in [2.24, 2.45) is 0 Å². The summed E-state index contributed by atoms with van der Waals surface area (Å²) in [5.41, 5.74) is 6.51. The zero-order chi connectivity index (χ0) is 21.5. The summed E-state index contributed by atoms with van der Waals surface area (Å²) in [6, 6.07) is 42.5. The highest BCUT2D eigenvalue weighted by Gasteiger charge is 2.20. The second-order valence-corrected chi connectivity index (χ2v) is 10.7. The normalized spacial score (nSPS) is 12.8. The highest BCUT2D eigenvalue weighted by Crippen LogP contribution is 2.51. The first-order valence-electron chi connectivity index (χ1n) is 11.3. The highest BCUT2D eigenvalue weighted by molar-refractivity contribution is 7.59. The van der Waals surface area contributed by atoms with Gasteiger partial charge in [-0.2, -0.15) is 0 Å². The molecule has 0 radical (unpaired) electrons. The van der Waals surface area contributed by atoms with E-state index in [1.807, 2.05) is 0 Å². The lowest BCUT2D eigenvalue weighted by Gasteiger charge is -2.09. The van der Waals surface area contributed by atoms with Crippen LogP contribution in [0.2, 0.25) is 0 Å². The van der Waals surface area contributed by atoms with Crippen molar-refractivity contribution in [1.29, 1.82) is 0 Å². The van der Waals surface area contributed by atoms with E-state index < -0.39 is 7.69 Å². The number of hydrogen-bond donors (Lipinski definition) is 0. The molecule has 0 spiro atoms. The van der Waals surface area contributed by atoms with E-state index >= 15 is 0 Å². The number of para-hydroxylation sites is 4. The van der Waals surface area contributed by atoms with Gasteiger partial charge in [0.1, 0.15) is 0 Å². The number of aromatic nitrogens is 2. The van der Waals surface area contributed by atoms with E-state index in [0.717, 1.165) is 0 Å². The van der Waals surface area contributed by atoms with Gasteiger partial charge in [-0.15, -0.1) is 0 Å². The molecule has 3 aromatic heterocycles. The first-order valence-corrected chi connectivity index (χ1v) is 12.6. The fourth-order valence-corrected chi connectivity index (χ4v) is 8.35. The van der Waals surface area contributed by atoms with Gasteiger partial charge in [0.25, 0.3) is 0 Å². The van der Waals surface area contributed by atoms with E-state index in [0.29, 0.717) is 0 Å². The third kappa shape index (κ3) is 2.14. The van der Waals surface area contributed by atoms with Crippen LogP contribution in [0.3, 0.4) is 0 Å². The third-order valence-corrected chi connectivity index (χ3v) is 9.41. The van der Waals surface area contributed by atoms with Crippen LogP contribution < -0.4 is 0 Å². The Kier molecular flexibility index (Phi) is 3.34. The number of hydrogen-bond acceptors (Lipinski definition) is 0. The van der Waals surface area contributed by atoms with Crippen molar-refractivity contribution in [2.75, 3.05) is 0 Å². The molecule has 0 aliphatic carbocycles. The lowest BCUT2D eigenvalue weighted by molar-refractivity contribution is 1.34. The van der Waals surface area contributed by atoms with Crippen LogP contribution in [0.5, 0.6) is 0 Å². The molecule has 8 aromatic rings. The Hall–Kier alpha value is -4.00. The van der Waals surface area contributed by atoms with E-state index in [2.05, 4.69) is 124 Å². The van der Waals surface area contributed by atoms with Gasteiger partial charge in [-0.3, -0.25) is 4.16 Å². The summed E-state index contributed by atoms with van der Waals surface area (Å²) in [5.74, 6) is 0. The quantitative estimate of drug-likeness (QED) is 0.242. The second kappa shape index (κ2) is 6.28. The molecule has 2 nitrogen and oxygen atoms in total. The van der Waals surface area contributed by atoms with Gasteiger partial charge < -0.3 is 4.40 Å². The predicted octanol–water partition coefficient (Wildman–Crippen LogP) is 8.78. The zero-order valence-corrected chi connectivity index (χ0v) is 18.7. The predicted molar refractivity (Wildman–Crippen MR) is 142 cm³/mol. The lowest BCUT2D eigenvalue weighted by atomic mass is 10.1. The number of rotatable bonds is 1. The van der Waals surface area contributed by atoms with Crippen LogP contribution >= 0.6 is 7.69 Å². The fourth-order valence-electron chi connectivity index (χ4n) is 5.72. The summed E-state index contributed by atoms with van der Waals surface area (Å²) < 4.78 is 5.16. The molecule has 154 valence electrons. The van der Waals surface area contributed by atoms with Crippen LogP contribution in [0.4, 0.5) is 0 Å². The summed E-state index contributed by atoms with van der Waals surface area (Å²) >= 11 is 0. The van der Waals surface area contributed by atoms with Crippen LogP contribution in [0.1, 0.15) is 0 Å². The van der Waals surface area contributed by atoms with E-state index in [-0.39, 0.29) is 0 Å². The second-order valence-electron chi connectivity index (χ2n) is 8.68. The number of fused-ring (bicyclic) bond motifs is 7. The van der Waals surface area contributed by atoms with Crippen molar-refractivity contribution in [3.8, 4) is 5.30 Å². The molecule has 1 unspecified atom stereocenters. The summed E-state index contributed by atoms with van der Waals surface area (Å²) in [5, 5.41) is 8.08. The minimum absolute atomic E-state index is 0.808. The maximum absolute atomic E-state index is 2.64. The van der Waals surface area contributed by atoms with Gasteiger partial charge in [0.15, 0.2) is 0 Å². The molecule has 33 heavy (non-hydrogen) atoms. The first-order chi connectivity index (χ1) is 16.4. The van der Waals surface area contributed by atoms with Crippen molar-refractivity contribution in [1.82, 2.24) is 8.56 Å². The van der Waals surface area contributed by atoms with E-state index in [1.54, 1.807) is 0 Å². The molecular weight excluding hydrogens is 419 g/mol. The molecule has 0 saturated carbocycles. The molecule has 0 fully saturated rings. The molecule has 3 heteroatoms. The Labute approximate surface area is 191 Å². The van der Waals surface area contributed by atoms with Crippen LogP contribution in [-0.2, 0) is 0 Å². The van der Waals surface area contributed by atoms with Gasteiger partial charge in [0.2, 0.25) is 0 Å². The standard InChI is InChI=1S/C30H19N2P/c1-2-10-20(11-3-1)33-28-19-9-15-24-21-12-4-6-16-25(21)31(30(24)28)27-18-8-14-23-22-13-5-7-17-26(22)32(33)29(23)27/h1-19H. The van der Waals surface area contributed by atoms with Crippen LogP contribution in [0, 0.1) is 0 Å². The Morgan fingerprint density at radius 3 is 1.82 bits per heavy atom. The molecule has 0 aliphatic rings. The van der Waals surface area contributed by atoms with E-state index in [4.69, 9.17) is 0 Å². The Morgan fingerprint density at radius 2 is 1.00 bits per heavy atom. The maximum atomic E-state index is 2.64. The fraction of sp³-hybridized carbons (Fsp3) is 0. The van der Waals surface area contributed by atoms with Crippen LogP contribution in [0.15, 0.2) is 115 Å². The largest absolute Gasteiger partial charge is 0.306 e. The topological polar surface area (TPSA) is 8.82 Å². The SMILES string of the molecule is c1ccc(-p2c3cccc4c5ccccc5n(c5cccc6c7ccccc7n2c65)c43)cc1. The summed E-state index contributed by atoms with van der Waals surface area (Å²) in [7, 11) is -0.808. The van der Waals surface area contributed by atoms with Gasteiger partial charge in [0.05, 0.1) is 27.6 Å². The Bertz CT molecular complexity index is 2020. The Morgan fingerprint density at radius 1 is 0.424 bits per heavy atom. The van der Waals surface area contributed by atoms with Crippen molar-refractivity contribution in [2.45, 2.75) is 0 Å². The maximum Gasteiger partial charge on any atom is 0.0813 e. The van der Waals surface area contributed by atoms with Gasteiger partial charge >= 0.3 is 0 Å². The van der Waals surface area contributed by atoms with Crippen LogP contribution in [-0.4, -0.2) is 8.56 Å². The average molecular weight is 438 g/mol. The summed E-state index contributed by atoms with van der Waals surface area (Å²) in [6.45, 7) is 0. The zero-order valence-electron chi connectivity index (χ0n) is 17.8. The third-order valence-electron chi connectivity index (χ3n) is 6.99. The molecule has 1 atom stereocenters. The van der Waals surface area contributed by atoms with Crippen LogP contribution in [0.25, 0.3) is 59.6 Å². The Balaban J connectivity index is 1.86. The van der Waals surface area contributed by atoms with Crippen molar-refractivity contribution in [3.63, 3.8) is 0 Å². The molecule has 0 aliphatic heterocycles. The summed E-state index contributed by atoms with van der Waals surface area (Å²) in [6.07, 6.45) is 0. The first kappa shape index (κ1) is 17.5.